The Kier molecular flexibility index (Phi) is 5.57. The molecular formula is C22H20ClN3O4. The molecule has 0 bridgehead atoms. The molecule has 7 nitrogen and oxygen atoms in total. The van der Waals surface area contributed by atoms with Gasteiger partial charge in [0.1, 0.15) is 10.7 Å². The van der Waals surface area contributed by atoms with Crippen molar-refractivity contribution in [1.82, 2.24) is 4.90 Å². The van der Waals surface area contributed by atoms with Gasteiger partial charge >= 0.3 is 0 Å². The zero-order valence-corrected chi connectivity index (χ0v) is 17.1. The van der Waals surface area contributed by atoms with Crippen LogP contribution >= 0.6 is 11.6 Å². The molecule has 3 amide bonds. The first kappa shape index (κ1) is 20.1. The average molecular weight is 426 g/mol. The Morgan fingerprint density at radius 3 is 2.50 bits per heavy atom. The summed E-state index contributed by atoms with van der Waals surface area (Å²) in [4.78, 5) is 41.1. The second kappa shape index (κ2) is 8.30. The van der Waals surface area contributed by atoms with Crippen LogP contribution in [0.4, 0.5) is 11.4 Å². The highest BCUT2D eigenvalue weighted by Crippen LogP contribution is 2.32. The second-order valence-corrected chi connectivity index (χ2v) is 7.41. The lowest BCUT2D eigenvalue weighted by molar-refractivity contribution is -0.120. The second-order valence-electron chi connectivity index (χ2n) is 7.03. The minimum Gasteiger partial charge on any atom is -0.378 e. The summed E-state index contributed by atoms with van der Waals surface area (Å²) in [5.41, 5.74) is 2.23. The first-order valence-electron chi connectivity index (χ1n) is 9.55. The zero-order chi connectivity index (χ0) is 21.3. The molecule has 0 saturated carbocycles. The summed E-state index contributed by atoms with van der Waals surface area (Å²) in [6.07, 6.45) is 0. The predicted octanol–water partition coefficient (Wildman–Crippen LogP) is 2.90. The van der Waals surface area contributed by atoms with Crippen LogP contribution in [0.1, 0.15) is 15.9 Å². The van der Waals surface area contributed by atoms with E-state index in [1.807, 2.05) is 19.1 Å². The summed E-state index contributed by atoms with van der Waals surface area (Å²) in [5.74, 6) is -1.24. The fourth-order valence-electron chi connectivity index (χ4n) is 3.47. The number of benzene rings is 2. The van der Waals surface area contributed by atoms with E-state index in [1.165, 1.54) is 0 Å². The number of hydrogen-bond acceptors (Lipinski definition) is 5. The number of ether oxygens (including phenoxy) is 1. The maximum absolute atomic E-state index is 13.0. The molecule has 8 heteroatoms. The normalized spacial score (nSPS) is 17.0. The van der Waals surface area contributed by atoms with E-state index in [-0.39, 0.29) is 16.6 Å². The van der Waals surface area contributed by atoms with Gasteiger partial charge in [-0.05, 0) is 36.8 Å². The number of anilines is 2. The van der Waals surface area contributed by atoms with E-state index in [2.05, 4.69) is 5.32 Å². The Hall–Kier alpha value is -3.16. The van der Waals surface area contributed by atoms with Crippen LogP contribution in [0, 0.1) is 6.92 Å². The van der Waals surface area contributed by atoms with Gasteiger partial charge in [-0.3, -0.25) is 14.4 Å². The van der Waals surface area contributed by atoms with E-state index < -0.39 is 11.8 Å². The van der Waals surface area contributed by atoms with Crippen molar-refractivity contribution in [3.05, 3.63) is 70.4 Å². The number of imide groups is 1. The molecule has 1 N–H and O–H groups in total. The zero-order valence-electron chi connectivity index (χ0n) is 16.4. The van der Waals surface area contributed by atoms with Gasteiger partial charge in [0, 0.05) is 24.3 Å². The van der Waals surface area contributed by atoms with E-state index in [0.29, 0.717) is 43.2 Å². The van der Waals surface area contributed by atoms with Gasteiger partial charge in [-0.2, -0.15) is 0 Å². The molecule has 2 aliphatic heterocycles. The largest absolute Gasteiger partial charge is 0.378 e. The van der Waals surface area contributed by atoms with Crippen molar-refractivity contribution < 1.29 is 19.1 Å². The lowest BCUT2D eigenvalue weighted by Crippen LogP contribution is -2.40. The molecule has 0 aliphatic carbocycles. The molecule has 1 fully saturated rings. The van der Waals surface area contributed by atoms with Gasteiger partial charge in [-0.25, -0.2) is 4.90 Å². The SMILES string of the molecule is Cc1ccccc1N1C(=O)C(Cl)=C(Nc2cccc(C(=O)N3CCOCC3)c2)C1=O. The van der Waals surface area contributed by atoms with Gasteiger partial charge in [-0.15, -0.1) is 0 Å². The Bertz CT molecular complexity index is 1060. The van der Waals surface area contributed by atoms with Crippen LogP contribution in [-0.2, 0) is 14.3 Å². The standard InChI is InChI=1S/C22H20ClN3O4/c1-14-5-2-3-8-17(14)26-21(28)18(23)19(22(26)29)24-16-7-4-6-15(13-16)20(27)25-9-11-30-12-10-25/h2-8,13,24H,9-12H2,1H3. The first-order valence-corrected chi connectivity index (χ1v) is 9.93. The molecule has 2 aromatic carbocycles. The van der Waals surface area contributed by atoms with Crippen LogP contribution in [-0.4, -0.2) is 48.9 Å². The molecule has 2 aromatic rings. The molecule has 0 atom stereocenters. The van der Waals surface area contributed by atoms with Crippen LogP contribution in [0.3, 0.4) is 0 Å². The van der Waals surface area contributed by atoms with Gasteiger partial charge in [0.2, 0.25) is 0 Å². The highest BCUT2D eigenvalue weighted by Gasteiger charge is 2.39. The van der Waals surface area contributed by atoms with Crippen LogP contribution in [0.15, 0.2) is 59.3 Å². The third-order valence-electron chi connectivity index (χ3n) is 5.06. The van der Waals surface area contributed by atoms with Crippen molar-refractivity contribution in [3.63, 3.8) is 0 Å². The molecule has 1 saturated heterocycles. The molecule has 0 spiro atoms. The summed E-state index contributed by atoms with van der Waals surface area (Å²) >= 11 is 6.21. The van der Waals surface area contributed by atoms with Crippen LogP contribution < -0.4 is 10.2 Å². The Morgan fingerprint density at radius 2 is 1.77 bits per heavy atom. The minimum atomic E-state index is -0.584. The van der Waals surface area contributed by atoms with E-state index in [9.17, 15) is 14.4 Å². The number of halogens is 1. The van der Waals surface area contributed by atoms with Gasteiger partial charge < -0.3 is 15.0 Å². The number of nitrogens with one attached hydrogen (secondary N) is 1. The monoisotopic (exact) mass is 425 g/mol. The molecular weight excluding hydrogens is 406 g/mol. The Labute approximate surface area is 178 Å². The third-order valence-corrected chi connectivity index (χ3v) is 5.41. The summed E-state index contributed by atoms with van der Waals surface area (Å²) in [6, 6.07) is 13.9. The van der Waals surface area contributed by atoms with Crippen molar-refractivity contribution in [2.24, 2.45) is 0 Å². The number of carbonyl (C=O) groups is 3. The molecule has 2 heterocycles. The fourth-order valence-corrected chi connectivity index (χ4v) is 3.68. The average Bonchev–Trinajstić information content (AvgIpc) is 2.98. The van der Waals surface area contributed by atoms with Gasteiger partial charge in [0.05, 0.1) is 18.9 Å². The highest BCUT2D eigenvalue weighted by molar-refractivity contribution is 6.53. The lowest BCUT2D eigenvalue weighted by atomic mass is 10.1. The van der Waals surface area contributed by atoms with Gasteiger partial charge in [0.15, 0.2) is 0 Å². The van der Waals surface area contributed by atoms with Crippen molar-refractivity contribution in [2.75, 3.05) is 36.5 Å². The number of amides is 3. The number of para-hydroxylation sites is 1. The Morgan fingerprint density at radius 1 is 1.03 bits per heavy atom. The molecule has 0 unspecified atom stereocenters. The van der Waals surface area contributed by atoms with Crippen molar-refractivity contribution >= 4 is 40.7 Å². The van der Waals surface area contributed by atoms with Crippen LogP contribution in [0.5, 0.6) is 0 Å². The predicted molar refractivity (Wildman–Crippen MR) is 113 cm³/mol. The number of nitrogens with zero attached hydrogens (tertiary/aromatic N) is 2. The van der Waals surface area contributed by atoms with E-state index in [4.69, 9.17) is 16.3 Å². The maximum atomic E-state index is 13.0. The van der Waals surface area contributed by atoms with E-state index in [1.54, 1.807) is 41.3 Å². The molecule has 0 radical (unpaired) electrons. The van der Waals surface area contributed by atoms with Crippen molar-refractivity contribution in [1.29, 1.82) is 0 Å². The topological polar surface area (TPSA) is 79.0 Å². The van der Waals surface area contributed by atoms with Gasteiger partial charge in [-0.1, -0.05) is 35.9 Å². The smallest absolute Gasteiger partial charge is 0.283 e. The molecule has 154 valence electrons. The molecule has 0 aromatic heterocycles. The minimum absolute atomic E-state index is 0.0131. The number of hydrogen-bond donors (Lipinski definition) is 1. The first-order chi connectivity index (χ1) is 14.5. The maximum Gasteiger partial charge on any atom is 0.283 e. The number of aryl methyl sites for hydroxylation is 1. The van der Waals surface area contributed by atoms with Crippen molar-refractivity contribution in [2.45, 2.75) is 6.92 Å². The summed E-state index contributed by atoms with van der Waals surface area (Å²) in [5, 5.41) is 2.74. The Balaban J connectivity index is 1.57. The lowest BCUT2D eigenvalue weighted by Gasteiger charge is -2.27. The summed E-state index contributed by atoms with van der Waals surface area (Å²) in [7, 11) is 0. The highest BCUT2D eigenvalue weighted by atomic mass is 35.5. The third kappa shape index (κ3) is 3.69. The van der Waals surface area contributed by atoms with Crippen LogP contribution in [0.2, 0.25) is 0 Å². The molecule has 2 aliphatic rings. The van der Waals surface area contributed by atoms with E-state index >= 15 is 0 Å². The molecule has 30 heavy (non-hydrogen) atoms. The van der Waals surface area contributed by atoms with Crippen LogP contribution in [0.25, 0.3) is 0 Å². The summed E-state index contributed by atoms with van der Waals surface area (Å²) in [6.45, 7) is 3.91. The van der Waals surface area contributed by atoms with Gasteiger partial charge in [0.25, 0.3) is 17.7 Å². The summed E-state index contributed by atoms with van der Waals surface area (Å²) < 4.78 is 5.29. The van der Waals surface area contributed by atoms with E-state index in [0.717, 1.165) is 10.5 Å². The number of morpholine rings is 1. The number of rotatable bonds is 4. The molecule has 4 rings (SSSR count). The quantitative estimate of drug-likeness (QED) is 0.762. The fraction of sp³-hybridized carbons (Fsp3) is 0.227. The van der Waals surface area contributed by atoms with Crippen molar-refractivity contribution in [3.8, 4) is 0 Å². The number of carbonyl (C=O) groups excluding carboxylic acids is 3.